The lowest BCUT2D eigenvalue weighted by atomic mass is 10.1. The number of ether oxygens (including phenoxy) is 2. The van der Waals surface area contributed by atoms with Gasteiger partial charge in [-0.05, 0) is 72.1 Å². The molecule has 1 aliphatic heterocycles. The van der Waals surface area contributed by atoms with Crippen LogP contribution in [0.2, 0.25) is 0 Å². The SMILES string of the molecule is CCOc1cc(/C=C2\SC(=O)N(CCc3ccccc3)C2=O)c(Br)cc1OCc1ccc(C(=O)O)cc1. The van der Waals surface area contributed by atoms with E-state index < -0.39 is 5.97 Å². The Hall–Kier alpha value is -3.56. The Bertz CT molecular complexity index is 1340. The van der Waals surface area contributed by atoms with Crippen LogP contribution in [-0.2, 0) is 17.8 Å². The van der Waals surface area contributed by atoms with Gasteiger partial charge < -0.3 is 14.6 Å². The number of amides is 2. The predicted octanol–water partition coefficient (Wildman–Crippen LogP) is 6.40. The van der Waals surface area contributed by atoms with Crippen LogP contribution in [0.15, 0.2) is 76.1 Å². The number of hydrogen-bond donors (Lipinski definition) is 1. The lowest BCUT2D eigenvalue weighted by molar-refractivity contribution is -0.122. The highest BCUT2D eigenvalue weighted by Gasteiger charge is 2.34. The van der Waals surface area contributed by atoms with Crippen molar-refractivity contribution in [2.75, 3.05) is 13.2 Å². The Kier molecular flexibility index (Phi) is 8.68. The molecule has 0 aliphatic carbocycles. The zero-order chi connectivity index (χ0) is 26.4. The third kappa shape index (κ3) is 6.61. The summed E-state index contributed by atoms with van der Waals surface area (Å²) in [7, 11) is 0. The summed E-state index contributed by atoms with van der Waals surface area (Å²) in [5.41, 5.74) is 2.74. The molecule has 37 heavy (non-hydrogen) atoms. The van der Waals surface area contributed by atoms with E-state index in [-0.39, 0.29) is 23.3 Å². The molecular weight excluding hydrogens is 558 g/mol. The van der Waals surface area contributed by atoms with Gasteiger partial charge in [0.2, 0.25) is 0 Å². The van der Waals surface area contributed by atoms with E-state index in [1.807, 2.05) is 37.3 Å². The van der Waals surface area contributed by atoms with Crippen molar-refractivity contribution in [1.82, 2.24) is 4.90 Å². The topological polar surface area (TPSA) is 93.1 Å². The number of nitrogens with zero attached hydrogens (tertiary/aromatic N) is 1. The zero-order valence-electron chi connectivity index (χ0n) is 20.0. The van der Waals surface area contributed by atoms with E-state index in [4.69, 9.17) is 14.6 Å². The molecule has 0 unspecified atom stereocenters. The first kappa shape index (κ1) is 26.5. The van der Waals surface area contributed by atoms with Gasteiger partial charge in [0.15, 0.2) is 11.5 Å². The van der Waals surface area contributed by atoms with Gasteiger partial charge in [0.25, 0.3) is 11.1 Å². The summed E-state index contributed by atoms with van der Waals surface area (Å²) in [4.78, 5) is 38.2. The van der Waals surface area contributed by atoms with Gasteiger partial charge in [-0.25, -0.2) is 4.79 Å². The van der Waals surface area contributed by atoms with E-state index in [1.54, 1.807) is 30.3 Å². The molecule has 0 spiro atoms. The number of carbonyl (C=O) groups excluding carboxylic acids is 2. The second-order valence-electron chi connectivity index (χ2n) is 8.11. The molecule has 0 bridgehead atoms. The van der Waals surface area contributed by atoms with Crippen molar-refractivity contribution in [3.05, 3.63) is 98.4 Å². The van der Waals surface area contributed by atoms with Gasteiger partial charge in [-0.15, -0.1) is 0 Å². The minimum atomic E-state index is -0.986. The Balaban J connectivity index is 1.49. The van der Waals surface area contributed by atoms with Crippen LogP contribution in [0.3, 0.4) is 0 Å². The van der Waals surface area contributed by atoms with Crippen LogP contribution in [-0.4, -0.2) is 40.3 Å². The van der Waals surface area contributed by atoms with Crippen molar-refractivity contribution in [3.8, 4) is 11.5 Å². The molecule has 1 N–H and O–H groups in total. The molecule has 3 aromatic carbocycles. The van der Waals surface area contributed by atoms with E-state index in [1.165, 1.54) is 17.0 Å². The molecule has 2 amide bonds. The first-order chi connectivity index (χ1) is 17.9. The molecular formula is C28H24BrNO6S. The van der Waals surface area contributed by atoms with E-state index in [0.29, 0.717) is 46.0 Å². The van der Waals surface area contributed by atoms with Crippen LogP contribution >= 0.6 is 27.7 Å². The van der Waals surface area contributed by atoms with E-state index in [9.17, 15) is 14.4 Å². The number of rotatable bonds is 10. The minimum absolute atomic E-state index is 0.204. The van der Waals surface area contributed by atoms with Gasteiger partial charge in [-0.2, -0.15) is 0 Å². The molecule has 4 rings (SSSR count). The molecule has 1 heterocycles. The number of thioether (sulfide) groups is 1. The number of imide groups is 1. The highest BCUT2D eigenvalue weighted by Crippen LogP contribution is 2.38. The van der Waals surface area contributed by atoms with Gasteiger partial charge in [0, 0.05) is 11.0 Å². The van der Waals surface area contributed by atoms with Crippen molar-refractivity contribution in [3.63, 3.8) is 0 Å². The molecule has 1 aliphatic rings. The van der Waals surface area contributed by atoms with Crippen LogP contribution in [0.4, 0.5) is 4.79 Å². The highest BCUT2D eigenvalue weighted by atomic mass is 79.9. The number of carbonyl (C=O) groups is 3. The number of hydrogen-bond acceptors (Lipinski definition) is 6. The Labute approximate surface area is 227 Å². The van der Waals surface area contributed by atoms with Gasteiger partial charge in [-0.3, -0.25) is 14.5 Å². The van der Waals surface area contributed by atoms with Crippen LogP contribution in [0.5, 0.6) is 11.5 Å². The number of benzene rings is 3. The van der Waals surface area contributed by atoms with Crippen molar-refractivity contribution in [2.24, 2.45) is 0 Å². The fourth-order valence-electron chi connectivity index (χ4n) is 3.67. The molecule has 0 atom stereocenters. The van der Waals surface area contributed by atoms with Crippen LogP contribution in [0, 0.1) is 0 Å². The quantitative estimate of drug-likeness (QED) is 0.277. The summed E-state index contributed by atoms with van der Waals surface area (Å²) >= 11 is 4.46. The molecule has 0 saturated carbocycles. The summed E-state index contributed by atoms with van der Waals surface area (Å²) in [5, 5.41) is 8.77. The Morgan fingerprint density at radius 2 is 1.70 bits per heavy atom. The number of carboxylic acids is 1. The number of aromatic carboxylic acids is 1. The van der Waals surface area contributed by atoms with Gasteiger partial charge in [0.05, 0.1) is 17.1 Å². The summed E-state index contributed by atoms with van der Waals surface area (Å²) < 4.78 is 12.4. The number of carboxylic acid groups (broad SMARTS) is 1. The molecule has 3 aromatic rings. The Morgan fingerprint density at radius 1 is 1.00 bits per heavy atom. The minimum Gasteiger partial charge on any atom is -0.490 e. The largest absolute Gasteiger partial charge is 0.490 e. The average molecular weight is 582 g/mol. The Morgan fingerprint density at radius 3 is 2.38 bits per heavy atom. The predicted molar refractivity (Wildman–Crippen MR) is 146 cm³/mol. The second-order valence-corrected chi connectivity index (χ2v) is 9.96. The highest BCUT2D eigenvalue weighted by molar-refractivity contribution is 9.10. The molecule has 190 valence electrons. The average Bonchev–Trinajstić information content (AvgIpc) is 3.16. The molecule has 7 nitrogen and oxygen atoms in total. The van der Waals surface area contributed by atoms with E-state index >= 15 is 0 Å². The maximum atomic E-state index is 13.0. The molecule has 0 aromatic heterocycles. The van der Waals surface area contributed by atoms with Crippen LogP contribution < -0.4 is 9.47 Å². The zero-order valence-corrected chi connectivity index (χ0v) is 22.4. The molecule has 1 saturated heterocycles. The molecule has 0 radical (unpaired) electrons. The normalized spacial score (nSPS) is 14.3. The molecule has 1 fully saturated rings. The van der Waals surface area contributed by atoms with Crippen LogP contribution in [0.1, 0.15) is 34.0 Å². The maximum absolute atomic E-state index is 13.0. The second kappa shape index (κ2) is 12.1. The van der Waals surface area contributed by atoms with Crippen LogP contribution in [0.25, 0.3) is 6.08 Å². The van der Waals surface area contributed by atoms with E-state index in [0.717, 1.165) is 22.9 Å². The molecule has 9 heteroatoms. The van der Waals surface area contributed by atoms with Gasteiger partial charge in [0.1, 0.15) is 6.61 Å². The first-order valence-electron chi connectivity index (χ1n) is 11.6. The maximum Gasteiger partial charge on any atom is 0.335 e. The smallest absolute Gasteiger partial charge is 0.335 e. The standard InChI is InChI=1S/C28H24BrNO6S/c1-2-35-23-14-21(22(29)16-24(23)36-17-19-8-10-20(11-9-19)27(32)33)15-25-26(31)30(28(34)37-25)13-12-18-6-4-3-5-7-18/h3-11,14-16H,2,12-13,17H2,1H3,(H,32,33)/b25-15-. The first-order valence-corrected chi connectivity index (χ1v) is 13.2. The van der Waals surface area contributed by atoms with Crippen molar-refractivity contribution < 1.29 is 29.0 Å². The summed E-state index contributed by atoms with van der Waals surface area (Å²) in [6.45, 7) is 2.79. The monoisotopic (exact) mass is 581 g/mol. The third-order valence-corrected chi connectivity index (χ3v) is 7.18. The summed E-state index contributed by atoms with van der Waals surface area (Å²) in [6.07, 6.45) is 2.27. The van der Waals surface area contributed by atoms with E-state index in [2.05, 4.69) is 15.9 Å². The fraction of sp³-hybridized carbons (Fsp3) is 0.179. The lowest BCUT2D eigenvalue weighted by Crippen LogP contribution is -2.30. The summed E-state index contributed by atoms with van der Waals surface area (Å²) in [5.74, 6) is -0.327. The van der Waals surface area contributed by atoms with Crippen molar-refractivity contribution in [2.45, 2.75) is 20.0 Å². The lowest BCUT2D eigenvalue weighted by Gasteiger charge is -2.14. The number of halogens is 1. The fourth-order valence-corrected chi connectivity index (χ4v) is 4.96. The van der Waals surface area contributed by atoms with Gasteiger partial charge >= 0.3 is 5.97 Å². The summed E-state index contributed by atoms with van der Waals surface area (Å²) in [6, 6.07) is 19.7. The van der Waals surface area contributed by atoms with Crippen molar-refractivity contribution in [1.29, 1.82) is 0 Å². The van der Waals surface area contributed by atoms with Gasteiger partial charge in [-0.1, -0.05) is 58.4 Å². The third-order valence-electron chi connectivity index (χ3n) is 5.59. The van der Waals surface area contributed by atoms with Crippen molar-refractivity contribution >= 4 is 50.9 Å².